The predicted octanol–water partition coefficient (Wildman–Crippen LogP) is 9.73. The predicted molar refractivity (Wildman–Crippen MR) is 160 cm³/mol. The summed E-state index contributed by atoms with van der Waals surface area (Å²) in [6.45, 7) is 7.23. The van der Waals surface area contributed by atoms with Crippen molar-refractivity contribution >= 4 is 21.8 Å². The third kappa shape index (κ3) is 2.88. The number of hydrogen-bond donors (Lipinski definition) is 0. The van der Waals surface area contributed by atoms with Crippen LogP contribution in [0.3, 0.4) is 0 Å². The minimum absolute atomic E-state index is 0.0540. The summed E-state index contributed by atoms with van der Waals surface area (Å²) in [5.41, 5.74) is 14.0. The highest BCUT2D eigenvalue weighted by atomic mass is 15.0. The number of aromatic nitrogens is 1. The maximum atomic E-state index is 2.56. The monoisotopic (exact) mass is 489 g/mol. The van der Waals surface area contributed by atoms with Crippen molar-refractivity contribution in [3.63, 3.8) is 0 Å². The van der Waals surface area contributed by atoms with Crippen molar-refractivity contribution in [2.24, 2.45) is 0 Å². The second-order valence-corrected chi connectivity index (χ2v) is 11.9. The highest BCUT2D eigenvalue weighted by molar-refractivity contribution is 6.09. The molecule has 0 amide bonds. The molecule has 0 spiro atoms. The van der Waals surface area contributed by atoms with E-state index in [2.05, 4.69) is 135 Å². The fourth-order valence-corrected chi connectivity index (χ4v) is 7.48. The van der Waals surface area contributed by atoms with Crippen molar-refractivity contribution in [1.82, 2.24) is 4.57 Å². The van der Waals surface area contributed by atoms with E-state index in [1.807, 2.05) is 0 Å². The quantitative estimate of drug-likeness (QED) is 0.228. The Balaban J connectivity index is 1.32. The molecule has 2 atom stereocenters. The molecule has 38 heavy (non-hydrogen) atoms. The van der Waals surface area contributed by atoms with Gasteiger partial charge in [0.2, 0.25) is 0 Å². The summed E-state index contributed by atoms with van der Waals surface area (Å²) in [5, 5.41) is 2.62. The van der Waals surface area contributed by atoms with Gasteiger partial charge in [-0.05, 0) is 75.5 Å². The Kier molecular flexibility index (Phi) is 4.45. The first-order valence-electron chi connectivity index (χ1n) is 13.9. The molecule has 1 nitrogen and oxygen atoms in total. The van der Waals surface area contributed by atoms with Crippen LogP contribution >= 0.6 is 0 Å². The van der Waals surface area contributed by atoms with Crippen molar-refractivity contribution in [2.45, 2.75) is 44.4 Å². The van der Waals surface area contributed by atoms with Crippen molar-refractivity contribution in [3.05, 3.63) is 137 Å². The summed E-state index contributed by atoms with van der Waals surface area (Å²) in [4.78, 5) is 0. The van der Waals surface area contributed by atoms with Gasteiger partial charge in [0.1, 0.15) is 0 Å². The molecule has 0 saturated carbocycles. The molecule has 1 heterocycles. The van der Waals surface area contributed by atoms with E-state index >= 15 is 0 Å². The summed E-state index contributed by atoms with van der Waals surface area (Å²) in [5.74, 6) is 1.06. The summed E-state index contributed by atoms with van der Waals surface area (Å²) < 4.78 is 2.44. The van der Waals surface area contributed by atoms with E-state index in [0.717, 1.165) is 0 Å². The van der Waals surface area contributed by atoms with Crippen LogP contribution in [-0.4, -0.2) is 4.57 Å². The van der Waals surface area contributed by atoms with Crippen LogP contribution in [0.5, 0.6) is 0 Å². The van der Waals surface area contributed by atoms with E-state index in [0.29, 0.717) is 11.8 Å². The molecule has 0 aliphatic heterocycles. The Morgan fingerprint density at radius 3 is 1.97 bits per heavy atom. The van der Waals surface area contributed by atoms with Crippen molar-refractivity contribution in [3.8, 4) is 16.8 Å². The van der Waals surface area contributed by atoms with Gasteiger partial charge >= 0.3 is 0 Å². The Morgan fingerprint density at radius 1 is 0.632 bits per heavy atom. The molecular formula is C37H31N. The summed E-state index contributed by atoms with van der Waals surface area (Å²) in [6.07, 6.45) is 1.20. The molecule has 1 aromatic heterocycles. The maximum Gasteiger partial charge on any atom is 0.0541 e. The van der Waals surface area contributed by atoms with Gasteiger partial charge in [-0.25, -0.2) is 0 Å². The third-order valence-electron chi connectivity index (χ3n) is 9.40. The summed E-state index contributed by atoms with van der Waals surface area (Å²) in [6, 6.07) is 40.9. The second-order valence-electron chi connectivity index (χ2n) is 11.9. The SMILES string of the molecule is CC1CC(c2ccccc2)c2cc3c(cc21)-c1ccc(-n2c4ccccc4c4ccccc42)cc1C3(C)C. The zero-order chi connectivity index (χ0) is 25.6. The van der Waals surface area contributed by atoms with E-state index in [-0.39, 0.29) is 5.41 Å². The fraction of sp³-hybridized carbons (Fsp3) is 0.189. The Bertz CT molecular complexity index is 1830. The van der Waals surface area contributed by atoms with Gasteiger partial charge in [-0.15, -0.1) is 0 Å². The Morgan fingerprint density at radius 2 is 1.26 bits per heavy atom. The van der Waals surface area contributed by atoms with Gasteiger partial charge in [0, 0.05) is 27.8 Å². The van der Waals surface area contributed by atoms with Gasteiger partial charge in [-0.1, -0.05) is 106 Å². The smallest absolute Gasteiger partial charge is 0.0541 e. The van der Waals surface area contributed by atoms with E-state index in [4.69, 9.17) is 0 Å². The minimum Gasteiger partial charge on any atom is -0.309 e. The summed E-state index contributed by atoms with van der Waals surface area (Å²) in [7, 11) is 0. The average Bonchev–Trinajstić information content (AvgIpc) is 3.54. The molecule has 0 saturated heterocycles. The fourth-order valence-electron chi connectivity index (χ4n) is 7.48. The molecule has 184 valence electrons. The van der Waals surface area contributed by atoms with Crippen LogP contribution < -0.4 is 0 Å². The van der Waals surface area contributed by atoms with Crippen LogP contribution in [0.25, 0.3) is 38.6 Å². The van der Waals surface area contributed by atoms with Crippen molar-refractivity contribution < 1.29 is 0 Å². The van der Waals surface area contributed by atoms with Gasteiger partial charge in [0.15, 0.2) is 0 Å². The molecule has 6 aromatic rings. The van der Waals surface area contributed by atoms with Gasteiger partial charge < -0.3 is 4.57 Å². The first-order valence-corrected chi connectivity index (χ1v) is 13.9. The molecule has 2 unspecified atom stereocenters. The van der Waals surface area contributed by atoms with Gasteiger partial charge in [-0.3, -0.25) is 0 Å². The molecule has 0 N–H and O–H groups in total. The molecule has 8 rings (SSSR count). The molecule has 1 heteroatoms. The van der Waals surface area contributed by atoms with Gasteiger partial charge in [0.05, 0.1) is 11.0 Å². The largest absolute Gasteiger partial charge is 0.309 e. The number of para-hydroxylation sites is 2. The minimum atomic E-state index is -0.0540. The molecule has 5 aromatic carbocycles. The van der Waals surface area contributed by atoms with E-state index in [9.17, 15) is 0 Å². The number of rotatable bonds is 2. The van der Waals surface area contributed by atoms with Crippen LogP contribution in [0.2, 0.25) is 0 Å². The Labute approximate surface area is 224 Å². The second kappa shape index (κ2) is 7.71. The third-order valence-corrected chi connectivity index (χ3v) is 9.40. The lowest BCUT2D eigenvalue weighted by Gasteiger charge is -2.24. The first-order chi connectivity index (χ1) is 18.5. The molecule has 2 aliphatic rings. The zero-order valence-electron chi connectivity index (χ0n) is 22.2. The highest BCUT2D eigenvalue weighted by Crippen LogP contribution is 2.54. The Hall–Kier alpha value is -4.10. The van der Waals surface area contributed by atoms with Crippen molar-refractivity contribution in [2.75, 3.05) is 0 Å². The topological polar surface area (TPSA) is 4.93 Å². The standard InChI is InChI=1S/C37H31N/c1-23-19-30(24-11-5-4-6-12-24)31-22-34-32(21-29(23)31)26-18-17-25(20-33(26)37(34,2)3)38-35-15-9-7-13-27(35)28-14-8-10-16-36(28)38/h4-18,20-23,30H,19H2,1-3H3. The van der Waals surface area contributed by atoms with Gasteiger partial charge in [-0.2, -0.15) is 0 Å². The van der Waals surface area contributed by atoms with Crippen molar-refractivity contribution in [1.29, 1.82) is 0 Å². The average molecular weight is 490 g/mol. The number of hydrogen-bond acceptors (Lipinski definition) is 0. The van der Waals surface area contributed by atoms with Crippen LogP contribution in [0.15, 0.2) is 109 Å². The first kappa shape index (κ1) is 21.9. The molecule has 2 aliphatic carbocycles. The lowest BCUT2D eigenvalue weighted by molar-refractivity contribution is 0.657. The molecule has 0 bridgehead atoms. The number of nitrogens with zero attached hydrogens (tertiary/aromatic N) is 1. The number of fused-ring (bicyclic) bond motifs is 7. The number of benzene rings is 5. The van der Waals surface area contributed by atoms with Crippen LogP contribution in [0, 0.1) is 0 Å². The zero-order valence-corrected chi connectivity index (χ0v) is 22.2. The summed E-state index contributed by atoms with van der Waals surface area (Å²) >= 11 is 0. The maximum absolute atomic E-state index is 2.56. The normalized spacial score (nSPS) is 19.0. The van der Waals surface area contributed by atoms with E-state index < -0.39 is 0 Å². The lowest BCUT2D eigenvalue weighted by atomic mass is 9.80. The molecular weight excluding hydrogens is 458 g/mol. The van der Waals surface area contributed by atoms with E-state index in [1.54, 1.807) is 0 Å². The highest BCUT2D eigenvalue weighted by Gasteiger charge is 2.39. The van der Waals surface area contributed by atoms with E-state index in [1.165, 1.54) is 72.9 Å². The lowest BCUT2D eigenvalue weighted by Crippen LogP contribution is -2.16. The van der Waals surface area contributed by atoms with Crippen LogP contribution in [0.4, 0.5) is 0 Å². The van der Waals surface area contributed by atoms with Gasteiger partial charge in [0.25, 0.3) is 0 Å². The molecule has 0 fully saturated rings. The van der Waals surface area contributed by atoms with Crippen LogP contribution in [0.1, 0.15) is 66.8 Å². The molecule has 0 radical (unpaired) electrons. The van der Waals surface area contributed by atoms with Crippen LogP contribution in [-0.2, 0) is 5.41 Å².